The molecule has 1 aliphatic rings. The van der Waals surface area contributed by atoms with Crippen molar-refractivity contribution < 1.29 is 28.5 Å². The van der Waals surface area contributed by atoms with E-state index < -0.39 is 11.4 Å². The molecule has 0 spiro atoms. The summed E-state index contributed by atoms with van der Waals surface area (Å²) in [6.45, 7) is 4.14. The third kappa shape index (κ3) is 5.38. The molecule has 0 saturated carbocycles. The molecule has 8 nitrogen and oxygen atoms in total. The fourth-order valence-electron chi connectivity index (χ4n) is 3.78. The Morgan fingerprint density at radius 3 is 2.66 bits per heavy atom. The molecule has 1 fully saturated rings. The molecule has 1 amide bonds. The number of nitrogens with one attached hydrogen (secondary N) is 2. The number of quaternary nitrogens is 1. The molecular formula is C20H25FN4O4. The van der Waals surface area contributed by atoms with E-state index in [4.69, 9.17) is 4.52 Å². The molecule has 2 heterocycles. The van der Waals surface area contributed by atoms with Gasteiger partial charge in [-0.15, -0.1) is 0 Å². The van der Waals surface area contributed by atoms with Gasteiger partial charge >= 0.3 is 0 Å². The second-order valence-electron chi connectivity index (χ2n) is 8.46. The first kappa shape index (κ1) is 20.9. The van der Waals surface area contributed by atoms with Crippen molar-refractivity contribution in [2.75, 3.05) is 13.6 Å². The number of carbonyl (C=O) groups excluding carboxylic acids is 2. The van der Waals surface area contributed by atoms with E-state index in [1.807, 2.05) is 7.05 Å². The van der Waals surface area contributed by atoms with Gasteiger partial charge in [-0.1, -0.05) is 19.0 Å². The fraction of sp³-hybridized carbons (Fsp3) is 0.500. The second kappa shape index (κ2) is 8.28. The molecule has 0 radical (unpaired) electrons. The van der Waals surface area contributed by atoms with E-state index in [2.05, 4.69) is 15.5 Å². The van der Waals surface area contributed by atoms with Crippen LogP contribution >= 0.6 is 0 Å². The summed E-state index contributed by atoms with van der Waals surface area (Å²) in [4.78, 5) is 28.7. The number of aliphatic carboxylic acids is 1. The van der Waals surface area contributed by atoms with E-state index >= 15 is 0 Å². The smallest absolute Gasteiger partial charge is 0.285 e. The average molecular weight is 404 g/mol. The zero-order valence-electron chi connectivity index (χ0n) is 16.7. The molecule has 1 saturated heterocycles. The third-order valence-corrected chi connectivity index (χ3v) is 5.15. The van der Waals surface area contributed by atoms with E-state index in [1.54, 1.807) is 26.0 Å². The van der Waals surface area contributed by atoms with Crippen molar-refractivity contribution in [3.05, 3.63) is 36.0 Å². The van der Waals surface area contributed by atoms with Gasteiger partial charge in [-0.2, -0.15) is 4.98 Å². The number of likely N-dealkylation sites (tertiary alicyclic amines) is 1. The molecule has 1 aromatic heterocycles. The largest absolute Gasteiger partial charge is 0.550 e. The first-order chi connectivity index (χ1) is 13.6. The van der Waals surface area contributed by atoms with Crippen molar-refractivity contribution >= 4 is 11.9 Å². The van der Waals surface area contributed by atoms with Crippen LogP contribution in [0.2, 0.25) is 0 Å². The van der Waals surface area contributed by atoms with Crippen LogP contribution in [0.25, 0.3) is 11.4 Å². The van der Waals surface area contributed by atoms with Crippen LogP contribution in [0.15, 0.2) is 28.8 Å². The zero-order valence-corrected chi connectivity index (χ0v) is 16.7. The fourth-order valence-corrected chi connectivity index (χ4v) is 3.78. The topological polar surface area (TPSA) is 113 Å². The van der Waals surface area contributed by atoms with Crippen molar-refractivity contribution in [3.8, 4) is 11.4 Å². The number of nitrogens with zero attached hydrogens (tertiary/aromatic N) is 2. The summed E-state index contributed by atoms with van der Waals surface area (Å²) in [6.07, 6.45) is 0.563. The summed E-state index contributed by atoms with van der Waals surface area (Å²) in [7, 11) is 1.98. The van der Waals surface area contributed by atoms with E-state index in [0.717, 1.165) is 4.90 Å². The Balaban J connectivity index is 1.60. The number of hydrogen-bond acceptors (Lipinski definition) is 6. The second-order valence-corrected chi connectivity index (χ2v) is 8.46. The molecular weight excluding hydrogens is 379 g/mol. The van der Waals surface area contributed by atoms with Gasteiger partial charge in [-0.25, -0.2) is 4.39 Å². The Morgan fingerprint density at radius 2 is 2.00 bits per heavy atom. The van der Waals surface area contributed by atoms with Crippen LogP contribution in [-0.4, -0.2) is 41.7 Å². The van der Waals surface area contributed by atoms with Crippen LogP contribution < -0.4 is 15.3 Å². The van der Waals surface area contributed by atoms with Crippen molar-refractivity contribution in [2.45, 2.75) is 45.2 Å². The lowest BCUT2D eigenvalue weighted by Gasteiger charge is -2.24. The normalized spacial score (nSPS) is 21.9. The minimum Gasteiger partial charge on any atom is -0.550 e. The number of hydrogen-bond donors (Lipinski definition) is 2. The Kier molecular flexibility index (Phi) is 5.97. The summed E-state index contributed by atoms with van der Waals surface area (Å²) in [5.41, 5.74) is -0.00647. The van der Waals surface area contributed by atoms with Gasteiger partial charge in [-0.3, -0.25) is 4.79 Å². The SMILES string of the molecule is C[NH+]1C[C@@H](NC(=O)CC(C)(C)CC(=O)[O-])C[C@H]1c1nc(-c2ccc(F)cc2)no1. The standard InChI is InChI=1S/C20H25FN4O4/c1-20(2,10-17(27)28)9-16(26)22-14-8-15(25(3)11-14)19-23-18(24-29-19)12-4-6-13(21)7-5-12/h4-7,14-15H,8-11H2,1-3H3,(H,22,26)(H,27,28)/t14-,15-/m0/s1. The summed E-state index contributed by atoms with van der Waals surface area (Å²) in [5.74, 6) is -0.826. The van der Waals surface area contributed by atoms with Crippen molar-refractivity contribution in [3.63, 3.8) is 0 Å². The summed E-state index contributed by atoms with van der Waals surface area (Å²) >= 11 is 0. The lowest BCUT2D eigenvalue weighted by atomic mass is 9.85. The lowest BCUT2D eigenvalue weighted by molar-refractivity contribution is -0.900. The van der Waals surface area contributed by atoms with E-state index in [-0.39, 0.29) is 36.6 Å². The summed E-state index contributed by atoms with van der Waals surface area (Å²) in [6, 6.07) is 5.71. The maximum atomic E-state index is 13.1. The highest BCUT2D eigenvalue weighted by Crippen LogP contribution is 2.25. The number of carbonyl (C=O) groups is 2. The number of likely N-dealkylation sites (N-methyl/N-ethyl adjacent to an activating group) is 1. The quantitative estimate of drug-likeness (QED) is 0.665. The third-order valence-electron chi connectivity index (χ3n) is 5.15. The van der Waals surface area contributed by atoms with Crippen molar-refractivity contribution in [1.29, 1.82) is 0 Å². The van der Waals surface area contributed by atoms with Gasteiger partial charge in [0.15, 0.2) is 6.04 Å². The molecule has 1 unspecified atom stereocenters. The number of halogens is 1. The van der Waals surface area contributed by atoms with Crippen LogP contribution in [0.5, 0.6) is 0 Å². The number of carboxylic acids is 1. The van der Waals surface area contributed by atoms with Gasteiger partial charge in [0.1, 0.15) is 5.82 Å². The minimum absolute atomic E-state index is 0.0711. The highest BCUT2D eigenvalue weighted by Gasteiger charge is 2.39. The Bertz CT molecular complexity index is 881. The van der Waals surface area contributed by atoms with Crippen LogP contribution in [0, 0.1) is 11.2 Å². The summed E-state index contributed by atoms with van der Waals surface area (Å²) in [5, 5.41) is 17.8. The number of rotatable bonds is 7. The predicted octanol–water partition coefficient (Wildman–Crippen LogP) is -0.124. The molecule has 156 valence electrons. The first-order valence-electron chi connectivity index (χ1n) is 9.54. The predicted molar refractivity (Wildman–Crippen MR) is 98.8 cm³/mol. The number of benzene rings is 1. The molecule has 3 rings (SSSR count). The highest BCUT2D eigenvalue weighted by molar-refractivity contribution is 5.78. The maximum absolute atomic E-state index is 13.1. The van der Waals surface area contributed by atoms with E-state index in [0.29, 0.717) is 30.2 Å². The molecule has 2 aromatic rings. The number of carboxylic acid groups (broad SMARTS) is 1. The molecule has 1 aliphatic heterocycles. The monoisotopic (exact) mass is 404 g/mol. The van der Waals surface area contributed by atoms with Gasteiger partial charge in [0.05, 0.1) is 19.6 Å². The van der Waals surface area contributed by atoms with Gasteiger partial charge in [0, 0.05) is 24.4 Å². The van der Waals surface area contributed by atoms with Gasteiger partial charge < -0.3 is 24.6 Å². The molecule has 0 bridgehead atoms. The van der Waals surface area contributed by atoms with Crippen LogP contribution in [0.3, 0.4) is 0 Å². The molecule has 29 heavy (non-hydrogen) atoms. The number of aromatic nitrogens is 2. The first-order valence-corrected chi connectivity index (χ1v) is 9.54. The van der Waals surface area contributed by atoms with E-state index in [1.165, 1.54) is 12.1 Å². The van der Waals surface area contributed by atoms with Gasteiger partial charge in [0.2, 0.25) is 11.7 Å². The highest BCUT2D eigenvalue weighted by atomic mass is 19.1. The molecule has 3 atom stereocenters. The summed E-state index contributed by atoms with van der Waals surface area (Å²) < 4.78 is 18.5. The average Bonchev–Trinajstić information content (AvgIpc) is 3.20. The van der Waals surface area contributed by atoms with Crippen LogP contribution in [-0.2, 0) is 9.59 Å². The Morgan fingerprint density at radius 1 is 1.31 bits per heavy atom. The molecule has 2 N–H and O–H groups in total. The van der Waals surface area contributed by atoms with Crippen LogP contribution in [0.4, 0.5) is 4.39 Å². The Labute approximate surface area is 168 Å². The lowest BCUT2D eigenvalue weighted by Crippen LogP contribution is -3.07. The van der Waals surface area contributed by atoms with Gasteiger partial charge in [0.25, 0.3) is 5.89 Å². The maximum Gasteiger partial charge on any atom is 0.285 e. The van der Waals surface area contributed by atoms with Crippen molar-refractivity contribution in [1.82, 2.24) is 15.5 Å². The molecule has 0 aliphatic carbocycles. The van der Waals surface area contributed by atoms with E-state index in [9.17, 15) is 19.1 Å². The zero-order chi connectivity index (χ0) is 21.2. The molecule has 1 aromatic carbocycles. The minimum atomic E-state index is -1.17. The Hall–Kier alpha value is -2.81. The molecule has 9 heteroatoms. The van der Waals surface area contributed by atoms with Crippen LogP contribution in [0.1, 0.15) is 45.0 Å². The number of amides is 1. The van der Waals surface area contributed by atoms with Gasteiger partial charge in [-0.05, 0) is 36.1 Å². The van der Waals surface area contributed by atoms with Crippen molar-refractivity contribution in [2.24, 2.45) is 5.41 Å².